The van der Waals surface area contributed by atoms with Crippen molar-refractivity contribution < 1.29 is 9.59 Å². The smallest absolute Gasteiger partial charge is 0.260 e. The van der Waals surface area contributed by atoms with Gasteiger partial charge in [0.15, 0.2) is 0 Å². The number of nitrogens with zero attached hydrogens (tertiary/aromatic N) is 3. The second kappa shape index (κ2) is 9.79. The second-order valence-electron chi connectivity index (χ2n) is 7.41. The van der Waals surface area contributed by atoms with Crippen LogP contribution >= 0.6 is 11.6 Å². The monoisotopic (exact) mass is 438 g/mol. The summed E-state index contributed by atoms with van der Waals surface area (Å²) in [5.41, 5.74) is 4.15. The first-order chi connectivity index (χ1) is 14.8. The number of carbonyl (C=O) groups is 2. The third kappa shape index (κ3) is 5.14. The SMILES string of the molecule is CCN(CC)C(=O)c1cccc(NC(=O)c2c(C)nn(Cc3ccc(C)cc3)c2Cl)c1. The van der Waals surface area contributed by atoms with E-state index >= 15 is 0 Å². The number of aryl methyl sites for hydroxylation is 2. The molecule has 0 aliphatic rings. The van der Waals surface area contributed by atoms with Gasteiger partial charge in [0.25, 0.3) is 11.8 Å². The third-order valence-electron chi connectivity index (χ3n) is 5.16. The van der Waals surface area contributed by atoms with E-state index in [1.54, 1.807) is 40.8 Å². The number of rotatable bonds is 7. The van der Waals surface area contributed by atoms with Gasteiger partial charge in [-0.2, -0.15) is 5.10 Å². The molecule has 0 atom stereocenters. The topological polar surface area (TPSA) is 67.2 Å². The summed E-state index contributed by atoms with van der Waals surface area (Å²) in [4.78, 5) is 27.3. The molecule has 0 saturated carbocycles. The molecule has 3 aromatic rings. The van der Waals surface area contributed by atoms with E-state index in [-0.39, 0.29) is 17.0 Å². The molecule has 1 aromatic heterocycles. The van der Waals surface area contributed by atoms with Gasteiger partial charge in [0.2, 0.25) is 0 Å². The quantitative estimate of drug-likeness (QED) is 0.568. The zero-order chi connectivity index (χ0) is 22.5. The fourth-order valence-corrected chi connectivity index (χ4v) is 3.72. The van der Waals surface area contributed by atoms with E-state index < -0.39 is 0 Å². The van der Waals surface area contributed by atoms with Crippen molar-refractivity contribution in [3.05, 3.63) is 81.6 Å². The molecule has 0 saturated heterocycles. The number of hydrogen-bond donors (Lipinski definition) is 1. The molecule has 0 radical (unpaired) electrons. The van der Waals surface area contributed by atoms with Crippen LogP contribution < -0.4 is 5.32 Å². The average molecular weight is 439 g/mol. The lowest BCUT2D eigenvalue weighted by Crippen LogP contribution is -2.30. The molecule has 162 valence electrons. The highest BCUT2D eigenvalue weighted by Crippen LogP contribution is 2.23. The highest BCUT2D eigenvalue weighted by atomic mass is 35.5. The van der Waals surface area contributed by atoms with Gasteiger partial charge in [0, 0.05) is 24.3 Å². The summed E-state index contributed by atoms with van der Waals surface area (Å²) in [5.74, 6) is -0.425. The summed E-state index contributed by atoms with van der Waals surface area (Å²) >= 11 is 6.51. The van der Waals surface area contributed by atoms with Crippen LogP contribution in [0.15, 0.2) is 48.5 Å². The number of hydrogen-bond acceptors (Lipinski definition) is 3. The van der Waals surface area contributed by atoms with Crippen LogP contribution in [0.25, 0.3) is 0 Å². The fraction of sp³-hybridized carbons (Fsp3) is 0.292. The Bertz CT molecular complexity index is 1090. The van der Waals surface area contributed by atoms with Gasteiger partial charge in [0.1, 0.15) is 5.15 Å². The minimum Gasteiger partial charge on any atom is -0.339 e. The molecule has 1 heterocycles. The Morgan fingerprint density at radius 3 is 2.39 bits per heavy atom. The largest absolute Gasteiger partial charge is 0.339 e. The predicted molar refractivity (Wildman–Crippen MR) is 124 cm³/mol. The number of aromatic nitrogens is 2. The van der Waals surface area contributed by atoms with Crippen molar-refractivity contribution in [3.63, 3.8) is 0 Å². The van der Waals surface area contributed by atoms with E-state index in [0.29, 0.717) is 42.1 Å². The van der Waals surface area contributed by atoms with E-state index in [1.807, 2.05) is 45.0 Å². The molecule has 1 N–H and O–H groups in total. The molecule has 6 nitrogen and oxygen atoms in total. The first-order valence-electron chi connectivity index (χ1n) is 10.3. The molecule has 7 heteroatoms. The van der Waals surface area contributed by atoms with E-state index in [0.717, 1.165) is 5.56 Å². The third-order valence-corrected chi connectivity index (χ3v) is 5.55. The summed E-state index contributed by atoms with van der Waals surface area (Å²) in [7, 11) is 0. The maximum atomic E-state index is 12.9. The number of carbonyl (C=O) groups excluding carboxylic acids is 2. The summed E-state index contributed by atoms with van der Waals surface area (Å²) in [6.45, 7) is 9.38. The molecule has 2 amide bonds. The molecule has 0 spiro atoms. The van der Waals surface area contributed by atoms with Crippen LogP contribution in [0.2, 0.25) is 5.15 Å². The standard InChI is InChI=1S/C24H27ClN4O2/c1-5-28(6-2)24(31)19-8-7-9-20(14-19)26-23(30)21-17(4)27-29(22(21)25)15-18-12-10-16(3)11-13-18/h7-14H,5-6,15H2,1-4H3,(H,26,30). The van der Waals surface area contributed by atoms with Crippen molar-refractivity contribution in [2.24, 2.45) is 0 Å². The first kappa shape index (κ1) is 22.6. The van der Waals surface area contributed by atoms with E-state index in [4.69, 9.17) is 11.6 Å². The number of nitrogens with one attached hydrogen (secondary N) is 1. The van der Waals surface area contributed by atoms with Crippen molar-refractivity contribution in [1.82, 2.24) is 14.7 Å². The van der Waals surface area contributed by atoms with Gasteiger partial charge in [-0.15, -0.1) is 0 Å². The molecular formula is C24H27ClN4O2. The Morgan fingerprint density at radius 2 is 1.74 bits per heavy atom. The van der Waals surface area contributed by atoms with Crippen LogP contribution in [-0.2, 0) is 6.54 Å². The van der Waals surface area contributed by atoms with Crippen LogP contribution in [0.5, 0.6) is 0 Å². The average Bonchev–Trinajstić information content (AvgIpc) is 3.03. The lowest BCUT2D eigenvalue weighted by atomic mass is 10.1. The van der Waals surface area contributed by atoms with Gasteiger partial charge in [-0.25, -0.2) is 4.68 Å². The Kier molecular flexibility index (Phi) is 7.13. The summed E-state index contributed by atoms with van der Waals surface area (Å²) < 4.78 is 1.62. The second-order valence-corrected chi connectivity index (χ2v) is 7.76. The molecule has 0 aliphatic carbocycles. The maximum absolute atomic E-state index is 12.9. The highest BCUT2D eigenvalue weighted by Gasteiger charge is 2.21. The van der Waals surface area contributed by atoms with Crippen LogP contribution in [-0.4, -0.2) is 39.6 Å². The number of anilines is 1. The Labute approximate surface area is 187 Å². The lowest BCUT2D eigenvalue weighted by molar-refractivity contribution is 0.0772. The van der Waals surface area contributed by atoms with E-state index in [1.165, 1.54) is 5.56 Å². The van der Waals surface area contributed by atoms with Gasteiger partial charge in [0.05, 0.1) is 17.8 Å². The Hall–Kier alpha value is -3.12. The molecule has 0 bridgehead atoms. The van der Waals surface area contributed by atoms with Crippen molar-refractivity contribution in [2.75, 3.05) is 18.4 Å². The van der Waals surface area contributed by atoms with Crippen LogP contribution in [0.3, 0.4) is 0 Å². The molecular weight excluding hydrogens is 412 g/mol. The summed E-state index contributed by atoms with van der Waals surface area (Å²) in [5, 5.41) is 7.58. The Morgan fingerprint density at radius 1 is 1.06 bits per heavy atom. The van der Waals surface area contributed by atoms with Crippen molar-refractivity contribution in [1.29, 1.82) is 0 Å². The zero-order valence-electron chi connectivity index (χ0n) is 18.3. The lowest BCUT2D eigenvalue weighted by Gasteiger charge is -2.19. The molecule has 0 fully saturated rings. The number of benzene rings is 2. The Balaban J connectivity index is 1.79. The number of halogens is 1. The van der Waals surface area contributed by atoms with E-state index in [9.17, 15) is 9.59 Å². The normalized spacial score (nSPS) is 10.7. The minimum atomic E-state index is -0.356. The molecule has 0 unspecified atom stereocenters. The van der Waals surface area contributed by atoms with Crippen molar-refractivity contribution >= 4 is 29.1 Å². The number of amides is 2. The molecule has 2 aromatic carbocycles. The molecule has 3 rings (SSSR count). The molecule has 0 aliphatic heterocycles. The van der Waals surface area contributed by atoms with Gasteiger partial charge in [-0.05, 0) is 51.5 Å². The van der Waals surface area contributed by atoms with Gasteiger partial charge in [-0.1, -0.05) is 47.5 Å². The van der Waals surface area contributed by atoms with Crippen LogP contribution in [0, 0.1) is 13.8 Å². The first-order valence-corrected chi connectivity index (χ1v) is 10.7. The highest BCUT2D eigenvalue weighted by molar-refractivity contribution is 6.33. The predicted octanol–water partition coefficient (Wildman–Crippen LogP) is 4.94. The minimum absolute atomic E-state index is 0.0683. The van der Waals surface area contributed by atoms with Gasteiger partial charge < -0.3 is 10.2 Å². The van der Waals surface area contributed by atoms with Crippen molar-refractivity contribution in [2.45, 2.75) is 34.2 Å². The van der Waals surface area contributed by atoms with Crippen LogP contribution in [0.4, 0.5) is 5.69 Å². The van der Waals surface area contributed by atoms with Gasteiger partial charge in [-0.3, -0.25) is 9.59 Å². The van der Waals surface area contributed by atoms with Crippen LogP contribution in [0.1, 0.15) is 51.4 Å². The summed E-state index contributed by atoms with van der Waals surface area (Å²) in [6, 6.07) is 15.0. The fourth-order valence-electron chi connectivity index (χ4n) is 3.40. The zero-order valence-corrected chi connectivity index (χ0v) is 19.0. The molecule has 31 heavy (non-hydrogen) atoms. The maximum Gasteiger partial charge on any atom is 0.260 e. The van der Waals surface area contributed by atoms with Gasteiger partial charge >= 0.3 is 0 Å². The summed E-state index contributed by atoms with van der Waals surface area (Å²) in [6.07, 6.45) is 0. The van der Waals surface area contributed by atoms with Crippen molar-refractivity contribution in [3.8, 4) is 0 Å². The van der Waals surface area contributed by atoms with E-state index in [2.05, 4.69) is 10.4 Å².